The number of fused-ring (bicyclic) bond motifs is 1. The van der Waals surface area contributed by atoms with Crippen molar-refractivity contribution in [1.82, 2.24) is 9.88 Å². The van der Waals surface area contributed by atoms with Gasteiger partial charge in [0, 0.05) is 25.2 Å². The number of benzene rings is 1. The number of nitrogens with zero attached hydrogens (tertiary/aromatic N) is 3. The lowest BCUT2D eigenvalue weighted by molar-refractivity contribution is 0.0987. The first-order chi connectivity index (χ1) is 14.0. The number of amides is 1. The van der Waals surface area contributed by atoms with Gasteiger partial charge in [0.25, 0.3) is 5.91 Å². The third kappa shape index (κ3) is 4.83. The van der Waals surface area contributed by atoms with Gasteiger partial charge in [-0.3, -0.25) is 9.69 Å². The molecule has 0 aliphatic carbocycles. The molecule has 0 fully saturated rings. The van der Waals surface area contributed by atoms with Gasteiger partial charge >= 0.3 is 0 Å². The fourth-order valence-corrected chi connectivity index (χ4v) is 4.98. The average molecular weight is 454 g/mol. The highest BCUT2D eigenvalue weighted by Gasteiger charge is 2.24. The number of halogens is 1. The Hall–Kier alpha value is -1.87. The van der Waals surface area contributed by atoms with Crippen LogP contribution in [0.4, 0.5) is 5.13 Å². The smallest absolute Gasteiger partial charge is 0.270 e. The van der Waals surface area contributed by atoms with Crippen molar-refractivity contribution in [3.05, 3.63) is 33.5 Å². The molecular weight excluding hydrogens is 430 g/mol. The topological polar surface area (TPSA) is 54.9 Å². The zero-order valence-electron chi connectivity index (χ0n) is 16.9. The number of hydrogen-bond donors (Lipinski definition) is 0. The number of thiazole rings is 1. The van der Waals surface area contributed by atoms with Gasteiger partial charge in [0.2, 0.25) is 0 Å². The minimum absolute atomic E-state index is 0.0907. The first kappa shape index (κ1) is 21.8. The van der Waals surface area contributed by atoms with E-state index in [4.69, 9.17) is 26.1 Å². The number of rotatable bonds is 9. The number of hydrogen-bond acceptors (Lipinski definition) is 7. The molecule has 0 aliphatic rings. The molecule has 0 unspecified atom stereocenters. The molecule has 156 valence electrons. The van der Waals surface area contributed by atoms with Crippen LogP contribution >= 0.6 is 34.3 Å². The predicted molar refractivity (Wildman–Crippen MR) is 122 cm³/mol. The highest BCUT2D eigenvalue weighted by Crippen LogP contribution is 2.38. The Bertz CT molecular complexity index is 944. The molecule has 0 saturated heterocycles. The molecular formula is C20H24ClN3O3S2. The van der Waals surface area contributed by atoms with Crippen LogP contribution in [0.2, 0.25) is 4.34 Å². The summed E-state index contributed by atoms with van der Waals surface area (Å²) in [6.45, 7) is 7.40. The van der Waals surface area contributed by atoms with Gasteiger partial charge in [0.15, 0.2) is 16.6 Å². The lowest BCUT2D eigenvalue weighted by Crippen LogP contribution is -2.38. The van der Waals surface area contributed by atoms with Crippen molar-refractivity contribution in [2.75, 3.05) is 45.3 Å². The van der Waals surface area contributed by atoms with Crippen LogP contribution in [-0.4, -0.2) is 56.2 Å². The minimum atomic E-state index is -0.0907. The van der Waals surface area contributed by atoms with E-state index in [-0.39, 0.29) is 5.91 Å². The summed E-state index contributed by atoms with van der Waals surface area (Å²) < 4.78 is 12.3. The van der Waals surface area contributed by atoms with Crippen LogP contribution in [-0.2, 0) is 0 Å². The van der Waals surface area contributed by atoms with Crippen LogP contribution in [0.25, 0.3) is 10.2 Å². The van der Waals surface area contributed by atoms with Gasteiger partial charge in [-0.15, -0.1) is 11.3 Å². The Morgan fingerprint density at radius 2 is 1.76 bits per heavy atom. The third-order valence-corrected chi connectivity index (χ3v) is 6.94. The van der Waals surface area contributed by atoms with Gasteiger partial charge in [-0.05, 0) is 25.2 Å². The summed E-state index contributed by atoms with van der Waals surface area (Å²) in [6, 6.07) is 7.24. The quantitative estimate of drug-likeness (QED) is 0.455. The van der Waals surface area contributed by atoms with E-state index in [0.29, 0.717) is 32.4 Å². The molecule has 9 heteroatoms. The van der Waals surface area contributed by atoms with Crippen LogP contribution in [0.15, 0.2) is 24.3 Å². The van der Waals surface area contributed by atoms with Crippen molar-refractivity contribution in [2.24, 2.45) is 0 Å². The number of ether oxygens (including phenoxy) is 2. The summed E-state index contributed by atoms with van der Waals surface area (Å²) in [6.07, 6.45) is 0. The highest BCUT2D eigenvalue weighted by atomic mass is 35.5. The maximum atomic E-state index is 13.2. The second-order valence-corrected chi connectivity index (χ2v) is 8.98. The van der Waals surface area contributed by atoms with E-state index in [1.54, 1.807) is 31.3 Å². The van der Waals surface area contributed by atoms with Crippen LogP contribution < -0.4 is 14.4 Å². The fraction of sp³-hybridized carbons (Fsp3) is 0.400. The molecule has 0 N–H and O–H groups in total. The van der Waals surface area contributed by atoms with E-state index in [1.807, 2.05) is 12.1 Å². The molecule has 0 aliphatic heterocycles. The molecule has 0 radical (unpaired) electrons. The number of carbonyl (C=O) groups is 1. The Morgan fingerprint density at radius 1 is 1.07 bits per heavy atom. The number of likely N-dealkylation sites (N-methyl/N-ethyl adjacent to an activating group) is 1. The zero-order chi connectivity index (χ0) is 21.0. The first-order valence-electron chi connectivity index (χ1n) is 9.32. The molecule has 6 nitrogen and oxygen atoms in total. The molecule has 29 heavy (non-hydrogen) atoms. The maximum Gasteiger partial charge on any atom is 0.270 e. The highest BCUT2D eigenvalue weighted by molar-refractivity contribution is 7.22. The maximum absolute atomic E-state index is 13.2. The monoisotopic (exact) mass is 453 g/mol. The number of carbonyl (C=O) groups excluding carboxylic acids is 1. The summed E-state index contributed by atoms with van der Waals surface area (Å²) >= 11 is 8.80. The molecule has 0 spiro atoms. The SMILES string of the molecule is CCN(CC)CCN(C(=O)c1ccc(Cl)s1)c1nc2cc(OC)c(OC)cc2s1. The normalized spacial score (nSPS) is 11.2. The number of thiophene rings is 1. The molecule has 3 aromatic rings. The number of anilines is 1. The summed E-state index contributed by atoms with van der Waals surface area (Å²) in [5, 5.41) is 0.650. The number of aromatic nitrogens is 1. The Kier molecular flexibility index (Phi) is 7.34. The molecule has 3 rings (SSSR count). The fourth-order valence-electron chi connectivity index (χ4n) is 2.99. The van der Waals surface area contributed by atoms with Gasteiger partial charge in [0.1, 0.15) is 0 Å². The van der Waals surface area contributed by atoms with Crippen LogP contribution in [0.1, 0.15) is 23.5 Å². The molecule has 0 bridgehead atoms. The van der Waals surface area contributed by atoms with Crippen molar-refractivity contribution in [2.45, 2.75) is 13.8 Å². The molecule has 0 saturated carbocycles. The Balaban J connectivity index is 1.98. The largest absolute Gasteiger partial charge is 0.493 e. The second kappa shape index (κ2) is 9.75. The lowest BCUT2D eigenvalue weighted by Gasteiger charge is -2.24. The molecule has 1 aromatic carbocycles. The summed E-state index contributed by atoms with van der Waals surface area (Å²) in [5.41, 5.74) is 0.771. The Labute approximate surface area is 183 Å². The van der Waals surface area contributed by atoms with Gasteiger partial charge in [0.05, 0.1) is 33.6 Å². The Morgan fingerprint density at radius 3 is 2.34 bits per heavy atom. The second-order valence-electron chi connectivity index (χ2n) is 6.26. The van der Waals surface area contributed by atoms with Crippen molar-refractivity contribution >= 4 is 55.5 Å². The van der Waals surface area contributed by atoms with Crippen LogP contribution in [0, 0.1) is 0 Å². The zero-order valence-corrected chi connectivity index (χ0v) is 19.3. The standard InChI is InChI=1S/C20H24ClN3O3S2/c1-5-23(6-2)9-10-24(19(25)16-7-8-18(21)28-16)20-22-13-11-14(26-3)15(27-4)12-17(13)29-20/h7-8,11-12H,5-6,9-10H2,1-4H3. The lowest BCUT2D eigenvalue weighted by atomic mass is 10.3. The molecule has 2 aromatic heterocycles. The van der Waals surface area contributed by atoms with Gasteiger partial charge in [-0.2, -0.15) is 0 Å². The van der Waals surface area contributed by atoms with Crippen molar-refractivity contribution < 1.29 is 14.3 Å². The molecule has 2 heterocycles. The van der Waals surface area contributed by atoms with E-state index in [9.17, 15) is 4.79 Å². The molecule has 0 atom stereocenters. The molecule has 1 amide bonds. The predicted octanol–water partition coefficient (Wildman–Crippen LogP) is 5.02. The van der Waals surface area contributed by atoms with Crippen molar-refractivity contribution in [3.8, 4) is 11.5 Å². The third-order valence-electron chi connectivity index (χ3n) is 4.68. The van der Waals surface area contributed by atoms with Crippen LogP contribution in [0.5, 0.6) is 11.5 Å². The van der Waals surface area contributed by atoms with Crippen molar-refractivity contribution in [1.29, 1.82) is 0 Å². The summed E-state index contributed by atoms with van der Waals surface area (Å²) in [5.74, 6) is 1.16. The van der Waals surface area contributed by atoms with Gasteiger partial charge in [-0.1, -0.05) is 36.8 Å². The summed E-state index contributed by atoms with van der Waals surface area (Å²) in [4.78, 5) is 22.6. The number of methoxy groups -OCH3 is 2. The van der Waals surface area contributed by atoms with E-state index < -0.39 is 0 Å². The van der Waals surface area contributed by atoms with Crippen molar-refractivity contribution in [3.63, 3.8) is 0 Å². The van der Waals surface area contributed by atoms with Crippen LogP contribution in [0.3, 0.4) is 0 Å². The van der Waals surface area contributed by atoms with Gasteiger partial charge in [-0.25, -0.2) is 4.98 Å². The van der Waals surface area contributed by atoms with Gasteiger partial charge < -0.3 is 14.4 Å². The van der Waals surface area contributed by atoms with E-state index in [2.05, 4.69) is 18.7 Å². The average Bonchev–Trinajstić information content (AvgIpc) is 3.35. The van der Waals surface area contributed by atoms with E-state index in [1.165, 1.54) is 22.7 Å². The summed E-state index contributed by atoms with van der Waals surface area (Å²) in [7, 11) is 3.20. The first-order valence-corrected chi connectivity index (χ1v) is 11.3. The van der Waals surface area contributed by atoms with E-state index >= 15 is 0 Å². The van der Waals surface area contributed by atoms with E-state index in [0.717, 1.165) is 29.9 Å². The minimum Gasteiger partial charge on any atom is -0.493 e.